The van der Waals surface area contributed by atoms with E-state index in [1.807, 2.05) is 25.1 Å². The smallest absolute Gasteiger partial charge is 0.344 e. The first-order valence-electron chi connectivity index (χ1n) is 6.53. The lowest BCUT2D eigenvalue weighted by atomic mass is 9.98. The topological polar surface area (TPSA) is 78.6 Å². The standard InChI is InChI=1S/C15H21NO4/c1-9(2)13-6-5-12(7-10(13)3)19-8-14(17)20-11(4)15(16)18/h5-7,9,11H,8H2,1-4H3,(H2,16,18)/t11-/m1/s1. The fraction of sp³-hybridized carbons (Fsp3) is 0.467. The number of hydrogen-bond acceptors (Lipinski definition) is 4. The molecule has 0 unspecified atom stereocenters. The van der Waals surface area contributed by atoms with Crippen molar-refractivity contribution >= 4 is 11.9 Å². The van der Waals surface area contributed by atoms with Gasteiger partial charge in [0, 0.05) is 0 Å². The van der Waals surface area contributed by atoms with Gasteiger partial charge in [-0.05, 0) is 43.0 Å². The maximum absolute atomic E-state index is 11.4. The van der Waals surface area contributed by atoms with Crippen LogP contribution in [0.25, 0.3) is 0 Å². The van der Waals surface area contributed by atoms with Crippen LogP contribution in [0.15, 0.2) is 18.2 Å². The van der Waals surface area contributed by atoms with E-state index in [0.717, 1.165) is 5.56 Å². The van der Waals surface area contributed by atoms with E-state index in [4.69, 9.17) is 15.2 Å². The van der Waals surface area contributed by atoms with Gasteiger partial charge in [-0.2, -0.15) is 0 Å². The van der Waals surface area contributed by atoms with Crippen LogP contribution in [-0.4, -0.2) is 24.6 Å². The van der Waals surface area contributed by atoms with Gasteiger partial charge >= 0.3 is 5.97 Å². The number of rotatable bonds is 6. The van der Waals surface area contributed by atoms with Crippen molar-refractivity contribution < 1.29 is 19.1 Å². The molecule has 1 rings (SSSR count). The van der Waals surface area contributed by atoms with Crippen molar-refractivity contribution in [3.63, 3.8) is 0 Å². The molecule has 1 amide bonds. The Hall–Kier alpha value is -2.04. The molecule has 0 aliphatic rings. The maximum atomic E-state index is 11.4. The molecule has 5 heteroatoms. The molecular weight excluding hydrogens is 258 g/mol. The molecule has 0 radical (unpaired) electrons. The summed E-state index contributed by atoms with van der Waals surface area (Å²) in [5.74, 6) is -0.279. The van der Waals surface area contributed by atoms with Crippen molar-refractivity contribution in [1.29, 1.82) is 0 Å². The molecule has 5 nitrogen and oxygen atoms in total. The summed E-state index contributed by atoms with van der Waals surface area (Å²) in [7, 11) is 0. The Morgan fingerprint density at radius 1 is 1.25 bits per heavy atom. The third kappa shape index (κ3) is 4.57. The van der Waals surface area contributed by atoms with Gasteiger partial charge in [0.1, 0.15) is 5.75 Å². The fourth-order valence-corrected chi connectivity index (χ4v) is 1.82. The van der Waals surface area contributed by atoms with Crippen molar-refractivity contribution in [2.75, 3.05) is 6.61 Å². The molecular formula is C15H21NO4. The highest BCUT2D eigenvalue weighted by Gasteiger charge is 2.15. The monoisotopic (exact) mass is 279 g/mol. The summed E-state index contributed by atoms with van der Waals surface area (Å²) in [6, 6.07) is 5.67. The van der Waals surface area contributed by atoms with Gasteiger partial charge in [0.25, 0.3) is 5.91 Å². The number of carbonyl (C=O) groups is 2. The summed E-state index contributed by atoms with van der Waals surface area (Å²) in [6.07, 6.45) is -0.948. The first-order chi connectivity index (χ1) is 9.31. The Labute approximate surface area is 119 Å². The third-order valence-corrected chi connectivity index (χ3v) is 2.93. The number of hydrogen-bond donors (Lipinski definition) is 1. The highest BCUT2D eigenvalue weighted by Crippen LogP contribution is 2.23. The molecule has 2 N–H and O–H groups in total. The number of esters is 1. The van der Waals surface area contributed by atoms with Gasteiger partial charge in [-0.25, -0.2) is 4.79 Å². The van der Waals surface area contributed by atoms with Crippen LogP contribution >= 0.6 is 0 Å². The molecule has 110 valence electrons. The number of ether oxygens (including phenoxy) is 2. The van der Waals surface area contributed by atoms with E-state index in [1.165, 1.54) is 12.5 Å². The van der Waals surface area contributed by atoms with Crippen LogP contribution in [0.5, 0.6) is 5.75 Å². The lowest BCUT2D eigenvalue weighted by Gasteiger charge is -2.13. The van der Waals surface area contributed by atoms with E-state index in [9.17, 15) is 9.59 Å². The highest BCUT2D eigenvalue weighted by molar-refractivity contribution is 5.82. The molecule has 0 spiro atoms. The molecule has 0 aromatic heterocycles. The summed E-state index contributed by atoms with van der Waals surface area (Å²) in [6.45, 7) is 7.40. The molecule has 0 saturated heterocycles. The maximum Gasteiger partial charge on any atom is 0.344 e. The molecule has 0 aliphatic heterocycles. The largest absolute Gasteiger partial charge is 0.482 e. The van der Waals surface area contributed by atoms with E-state index in [0.29, 0.717) is 11.7 Å². The van der Waals surface area contributed by atoms with Gasteiger partial charge in [-0.3, -0.25) is 4.79 Å². The summed E-state index contributed by atoms with van der Waals surface area (Å²) in [4.78, 5) is 22.2. The molecule has 1 aromatic rings. The second-order valence-corrected chi connectivity index (χ2v) is 5.00. The molecule has 20 heavy (non-hydrogen) atoms. The number of carbonyl (C=O) groups excluding carboxylic acids is 2. The summed E-state index contributed by atoms with van der Waals surface area (Å²) < 4.78 is 10.1. The highest BCUT2D eigenvalue weighted by atomic mass is 16.6. The Morgan fingerprint density at radius 2 is 1.90 bits per heavy atom. The van der Waals surface area contributed by atoms with Crippen molar-refractivity contribution in [1.82, 2.24) is 0 Å². The normalized spacial score (nSPS) is 12.1. The summed E-state index contributed by atoms with van der Waals surface area (Å²) >= 11 is 0. The van der Waals surface area contributed by atoms with Crippen LogP contribution in [0.4, 0.5) is 0 Å². The van der Waals surface area contributed by atoms with E-state index in [2.05, 4.69) is 13.8 Å². The number of amides is 1. The number of aryl methyl sites for hydroxylation is 1. The molecule has 0 bridgehead atoms. The average Bonchev–Trinajstić information content (AvgIpc) is 2.35. The van der Waals surface area contributed by atoms with Crippen LogP contribution in [0.3, 0.4) is 0 Å². The van der Waals surface area contributed by atoms with E-state index in [-0.39, 0.29) is 6.61 Å². The second-order valence-electron chi connectivity index (χ2n) is 5.00. The zero-order valence-electron chi connectivity index (χ0n) is 12.3. The van der Waals surface area contributed by atoms with Crippen LogP contribution in [-0.2, 0) is 14.3 Å². The minimum Gasteiger partial charge on any atom is -0.482 e. The van der Waals surface area contributed by atoms with E-state index in [1.54, 1.807) is 0 Å². The third-order valence-electron chi connectivity index (χ3n) is 2.93. The predicted molar refractivity (Wildman–Crippen MR) is 75.5 cm³/mol. The Bertz CT molecular complexity index is 497. The Balaban J connectivity index is 2.56. The molecule has 1 aromatic carbocycles. The fourth-order valence-electron chi connectivity index (χ4n) is 1.82. The first-order valence-corrected chi connectivity index (χ1v) is 6.53. The lowest BCUT2D eigenvalue weighted by Crippen LogP contribution is -2.32. The zero-order valence-corrected chi connectivity index (χ0v) is 12.3. The van der Waals surface area contributed by atoms with Crippen molar-refractivity contribution in [2.45, 2.75) is 39.7 Å². The van der Waals surface area contributed by atoms with Crippen molar-refractivity contribution in [2.24, 2.45) is 5.73 Å². The Morgan fingerprint density at radius 3 is 2.40 bits per heavy atom. The first kappa shape index (κ1) is 16.0. The van der Waals surface area contributed by atoms with Crippen molar-refractivity contribution in [3.8, 4) is 5.75 Å². The Kier molecular flexibility index (Phi) is 5.55. The summed E-state index contributed by atoms with van der Waals surface area (Å²) in [5, 5.41) is 0. The van der Waals surface area contributed by atoms with Gasteiger partial charge in [-0.1, -0.05) is 19.9 Å². The van der Waals surface area contributed by atoms with Gasteiger partial charge in [0.15, 0.2) is 12.7 Å². The van der Waals surface area contributed by atoms with Gasteiger partial charge in [0.2, 0.25) is 0 Å². The molecule has 0 saturated carbocycles. The minimum absolute atomic E-state index is 0.252. The summed E-state index contributed by atoms with van der Waals surface area (Å²) in [5.41, 5.74) is 7.35. The molecule has 0 heterocycles. The van der Waals surface area contributed by atoms with Crippen LogP contribution in [0.2, 0.25) is 0 Å². The van der Waals surface area contributed by atoms with Crippen LogP contribution < -0.4 is 10.5 Å². The van der Waals surface area contributed by atoms with Crippen LogP contribution in [0.1, 0.15) is 37.8 Å². The molecule has 1 atom stereocenters. The van der Waals surface area contributed by atoms with Crippen LogP contribution in [0, 0.1) is 6.92 Å². The number of primary amides is 1. The quantitative estimate of drug-likeness (QED) is 0.807. The molecule has 0 aliphatic carbocycles. The van der Waals surface area contributed by atoms with E-state index >= 15 is 0 Å². The lowest BCUT2D eigenvalue weighted by molar-refractivity contribution is -0.155. The zero-order chi connectivity index (χ0) is 15.3. The molecule has 0 fully saturated rings. The van der Waals surface area contributed by atoms with Gasteiger partial charge in [-0.15, -0.1) is 0 Å². The van der Waals surface area contributed by atoms with Gasteiger partial charge in [0.05, 0.1) is 0 Å². The predicted octanol–water partition coefficient (Wildman–Crippen LogP) is 1.91. The SMILES string of the molecule is Cc1cc(OCC(=O)O[C@H](C)C(N)=O)ccc1C(C)C. The second kappa shape index (κ2) is 6.93. The number of benzene rings is 1. The minimum atomic E-state index is -0.948. The number of nitrogens with two attached hydrogens (primary N) is 1. The van der Waals surface area contributed by atoms with Gasteiger partial charge < -0.3 is 15.2 Å². The average molecular weight is 279 g/mol. The van der Waals surface area contributed by atoms with Crippen molar-refractivity contribution in [3.05, 3.63) is 29.3 Å². The van der Waals surface area contributed by atoms with E-state index < -0.39 is 18.0 Å².